The highest BCUT2D eigenvalue weighted by Gasteiger charge is 2.19. The van der Waals surface area contributed by atoms with Gasteiger partial charge in [0.1, 0.15) is 11.6 Å². The normalized spacial score (nSPS) is 11.6. The van der Waals surface area contributed by atoms with Crippen molar-refractivity contribution in [1.82, 2.24) is 9.97 Å². The van der Waals surface area contributed by atoms with Crippen LogP contribution in [0.1, 0.15) is 13.8 Å². The monoisotopic (exact) mass is 213 g/mol. The molecule has 0 aliphatic heterocycles. The molecular formula is C8H15N5S. The van der Waals surface area contributed by atoms with Crippen LogP contribution in [-0.2, 0) is 0 Å². The predicted octanol–water partition coefficient (Wildman–Crippen LogP) is 0.470. The van der Waals surface area contributed by atoms with Crippen LogP contribution in [0.15, 0.2) is 11.2 Å². The Labute approximate surface area is 87.5 Å². The van der Waals surface area contributed by atoms with Crippen molar-refractivity contribution >= 4 is 23.4 Å². The third-order valence-electron chi connectivity index (χ3n) is 1.60. The van der Waals surface area contributed by atoms with E-state index in [1.165, 1.54) is 17.8 Å². The summed E-state index contributed by atoms with van der Waals surface area (Å²) in [7, 11) is 0. The van der Waals surface area contributed by atoms with Crippen LogP contribution in [0.3, 0.4) is 0 Å². The van der Waals surface area contributed by atoms with Gasteiger partial charge in [-0.3, -0.25) is 0 Å². The zero-order valence-electron chi connectivity index (χ0n) is 8.32. The minimum absolute atomic E-state index is 0.111. The van der Waals surface area contributed by atoms with Crippen LogP contribution in [0.4, 0.5) is 11.6 Å². The Morgan fingerprint density at radius 1 is 1.29 bits per heavy atom. The summed E-state index contributed by atoms with van der Waals surface area (Å²) in [5.41, 5.74) is 16.7. The molecular weight excluding hydrogens is 198 g/mol. The number of nitrogen functional groups attached to an aromatic ring is 2. The molecule has 0 saturated heterocycles. The zero-order valence-corrected chi connectivity index (χ0v) is 9.14. The Hall–Kier alpha value is -1.01. The maximum atomic E-state index is 5.59. The van der Waals surface area contributed by atoms with E-state index in [1.54, 1.807) is 0 Å². The van der Waals surface area contributed by atoms with Crippen LogP contribution in [0, 0.1) is 0 Å². The van der Waals surface area contributed by atoms with Crippen LogP contribution in [0.2, 0.25) is 0 Å². The predicted molar refractivity (Wildman–Crippen MR) is 59.8 cm³/mol. The molecule has 0 aliphatic carbocycles. The van der Waals surface area contributed by atoms with Crippen molar-refractivity contribution < 1.29 is 0 Å². The first-order chi connectivity index (χ1) is 6.43. The van der Waals surface area contributed by atoms with Gasteiger partial charge in [0.05, 0.1) is 0 Å². The summed E-state index contributed by atoms with van der Waals surface area (Å²) in [4.78, 5) is 8.12. The van der Waals surface area contributed by atoms with Gasteiger partial charge in [0, 0.05) is 17.4 Å². The number of anilines is 2. The average molecular weight is 213 g/mol. The first-order valence-electron chi connectivity index (χ1n) is 4.22. The Balaban J connectivity index is 2.87. The fourth-order valence-electron chi connectivity index (χ4n) is 0.796. The molecule has 6 heteroatoms. The molecule has 0 radical (unpaired) electrons. The van der Waals surface area contributed by atoms with E-state index in [4.69, 9.17) is 17.2 Å². The van der Waals surface area contributed by atoms with Crippen molar-refractivity contribution in [1.29, 1.82) is 0 Å². The number of nitrogens with zero attached hydrogens (tertiary/aromatic N) is 2. The van der Waals surface area contributed by atoms with Gasteiger partial charge >= 0.3 is 0 Å². The summed E-state index contributed by atoms with van der Waals surface area (Å²) in [6.07, 6.45) is 0. The Morgan fingerprint density at radius 2 is 1.79 bits per heavy atom. The van der Waals surface area contributed by atoms with Gasteiger partial charge in [0.2, 0.25) is 0 Å². The number of hydrogen-bond donors (Lipinski definition) is 3. The van der Waals surface area contributed by atoms with E-state index in [0.717, 1.165) is 0 Å². The molecule has 0 fully saturated rings. The molecule has 0 saturated carbocycles. The topological polar surface area (TPSA) is 104 Å². The van der Waals surface area contributed by atoms with Gasteiger partial charge in [0.25, 0.3) is 0 Å². The van der Waals surface area contributed by atoms with Crippen molar-refractivity contribution in [3.63, 3.8) is 0 Å². The van der Waals surface area contributed by atoms with Gasteiger partial charge < -0.3 is 17.2 Å². The SMILES string of the molecule is CC(C)(CN)Sc1nc(N)cc(N)n1. The molecule has 0 bridgehead atoms. The van der Waals surface area contributed by atoms with Gasteiger partial charge in [-0.2, -0.15) is 0 Å². The van der Waals surface area contributed by atoms with Crippen LogP contribution in [0.25, 0.3) is 0 Å². The smallest absolute Gasteiger partial charge is 0.192 e. The molecule has 0 atom stereocenters. The van der Waals surface area contributed by atoms with Crippen molar-refractivity contribution in [2.75, 3.05) is 18.0 Å². The highest BCUT2D eigenvalue weighted by Crippen LogP contribution is 2.29. The van der Waals surface area contributed by atoms with E-state index in [0.29, 0.717) is 23.3 Å². The van der Waals surface area contributed by atoms with Crippen LogP contribution >= 0.6 is 11.8 Å². The van der Waals surface area contributed by atoms with Gasteiger partial charge in [-0.25, -0.2) is 9.97 Å². The maximum Gasteiger partial charge on any atom is 0.192 e. The molecule has 1 rings (SSSR count). The Kier molecular flexibility index (Phi) is 3.17. The van der Waals surface area contributed by atoms with E-state index in [9.17, 15) is 0 Å². The molecule has 0 aromatic carbocycles. The van der Waals surface area contributed by atoms with Gasteiger partial charge in [-0.05, 0) is 13.8 Å². The number of hydrogen-bond acceptors (Lipinski definition) is 6. The Bertz CT molecular complexity index is 305. The molecule has 1 aromatic heterocycles. The highest BCUT2D eigenvalue weighted by atomic mass is 32.2. The molecule has 0 spiro atoms. The van der Waals surface area contributed by atoms with Crippen molar-refractivity contribution in [3.8, 4) is 0 Å². The third kappa shape index (κ3) is 3.04. The molecule has 6 N–H and O–H groups in total. The van der Waals surface area contributed by atoms with Crippen LogP contribution in [-0.4, -0.2) is 21.3 Å². The van der Waals surface area contributed by atoms with E-state index >= 15 is 0 Å². The minimum atomic E-state index is -0.111. The molecule has 14 heavy (non-hydrogen) atoms. The van der Waals surface area contributed by atoms with E-state index < -0.39 is 0 Å². The largest absolute Gasteiger partial charge is 0.383 e. The summed E-state index contributed by atoms with van der Waals surface area (Å²) in [5, 5.41) is 0.568. The second-order valence-electron chi connectivity index (χ2n) is 3.57. The van der Waals surface area contributed by atoms with Crippen LogP contribution < -0.4 is 17.2 Å². The van der Waals surface area contributed by atoms with Gasteiger partial charge in [0.15, 0.2) is 5.16 Å². The lowest BCUT2D eigenvalue weighted by atomic mass is 10.2. The number of thioether (sulfide) groups is 1. The lowest BCUT2D eigenvalue weighted by Gasteiger charge is -2.20. The first kappa shape index (κ1) is 11.1. The Morgan fingerprint density at radius 3 is 2.21 bits per heavy atom. The molecule has 1 aromatic rings. The number of rotatable bonds is 3. The average Bonchev–Trinajstić information content (AvgIpc) is 2.01. The van der Waals surface area contributed by atoms with Crippen molar-refractivity contribution in [2.45, 2.75) is 23.8 Å². The highest BCUT2D eigenvalue weighted by molar-refractivity contribution is 8.00. The minimum Gasteiger partial charge on any atom is -0.383 e. The van der Waals surface area contributed by atoms with E-state index in [1.807, 2.05) is 13.8 Å². The number of aromatic nitrogens is 2. The summed E-state index contributed by atoms with van der Waals surface area (Å²) >= 11 is 1.47. The summed E-state index contributed by atoms with van der Waals surface area (Å²) in [6, 6.07) is 1.53. The molecule has 1 heterocycles. The standard InChI is InChI=1S/C8H15N5S/c1-8(2,4-9)14-7-12-5(10)3-6(11)13-7/h3H,4,9H2,1-2H3,(H4,10,11,12,13). The fourth-order valence-corrected chi connectivity index (χ4v) is 1.68. The summed E-state index contributed by atoms with van der Waals surface area (Å²) in [5.74, 6) is 0.764. The molecule has 0 unspecified atom stereocenters. The zero-order chi connectivity index (χ0) is 10.8. The van der Waals surface area contributed by atoms with Gasteiger partial charge in [-0.15, -0.1) is 0 Å². The maximum absolute atomic E-state index is 5.59. The summed E-state index contributed by atoms with van der Waals surface area (Å²) < 4.78 is -0.111. The molecule has 0 amide bonds. The quantitative estimate of drug-likeness (QED) is 0.498. The van der Waals surface area contributed by atoms with Crippen molar-refractivity contribution in [3.05, 3.63) is 6.07 Å². The lowest BCUT2D eigenvalue weighted by molar-refractivity contribution is 0.718. The van der Waals surface area contributed by atoms with Gasteiger partial charge in [-0.1, -0.05) is 11.8 Å². The molecule has 78 valence electrons. The number of nitrogens with two attached hydrogens (primary N) is 3. The second-order valence-corrected chi connectivity index (χ2v) is 5.24. The molecule has 0 aliphatic rings. The molecule has 5 nitrogen and oxygen atoms in total. The summed E-state index contributed by atoms with van der Waals surface area (Å²) in [6.45, 7) is 4.57. The second kappa shape index (κ2) is 4.02. The third-order valence-corrected chi connectivity index (χ3v) is 2.69. The fraction of sp³-hybridized carbons (Fsp3) is 0.500. The lowest BCUT2D eigenvalue weighted by Crippen LogP contribution is -2.27. The van der Waals surface area contributed by atoms with E-state index in [-0.39, 0.29) is 4.75 Å². The van der Waals surface area contributed by atoms with Crippen molar-refractivity contribution in [2.24, 2.45) is 5.73 Å². The van der Waals surface area contributed by atoms with Crippen LogP contribution in [0.5, 0.6) is 0 Å². The first-order valence-corrected chi connectivity index (χ1v) is 5.04. The van der Waals surface area contributed by atoms with E-state index in [2.05, 4.69) is 9.97 Å².